The monoisotopic (exact) mass is 191 g/mol. The number of carbonyl (C=O) groups is 1. The number of thioether (sulfide) groups is 1. The molecule has 2 N–H and O–H groups in total. The molecule has 0 aromatic heterocycles. The van der Waals surface area contributed by atoms with Gasteiger partial charge in [0.2, 0.25) is 0 Å². The molecule has 0 saturated heterocycles. The lowest BCUT2D eigenvalue weighted by molar-refractivity contribution is -0.139. The molecule has 0 rings (SSSR count). The highest BCUT2D eigenvalue weighted by molar-refractivity contribution is 8.00. The number of nitrogens with two attached hydrogens (primary N) is 1. The maximum atomic E-state index is 10.9. The Hall–Kier alpha value is -0.220. The molecule has 0 saturated carbocycles. The maximum absolute atomic E-state index is 10.9. The summed E-state index contributed by atoms with van der Waals surface area (Å²) in [5.74, 6) is 0.242. The van der Waals surface area contributed by atoms with Crippen molar-refractivity contribution in [3.63, 3.8) is 0 Å². The highest BCUT2D eigenvalue weighted by Crippen LogP contribution is 2.12. The van der Waals surface area contributed by atoms with Gasteiger partial charge in [0.1, 0.15) is 0 Å². The van der Waals surface area contributed by atoms with Gasteiger partial charge in [-0.3, -0.25) is 4.79 Å². The standard InChI is InChI=1S/C8H17NO2S/c1-4-11-8(10)5-12-7(3)6(2)9/h6-7H,4-5,9H2,1-3H3. The number of rotatable bonds is 5. The lowest BCUT2D eigenvalue weighted by atomic mass is 10.3. The fraction of sp³-hybridized carbons (Fsp3) is 0.875. The van der Waals surface area contributed by atoms with Crippen LogP contribution in [0.3, 0.4) is 0 Å². The molecule has 0 heterocycles. The van der Waals surface area contributed by atoms with Crippen LogP contribution in [0.1, 0.15) is 20.8 Å². The van der Waals surface area contributed by atoms with Crippen molar-refractivity contribution >= 4 is 17.7 Å². The van der Waals surface area contributed by atoms with E-state index in [0.717, 1.165) is 0 Å². The molecule has 0 aromatic rings. The van der Waals surface area contributed by atoms with Gasteiger partial charge in [-0.2, -0.15) is 0 Å². The zero-order valence-electron chi connectivity index (χ0n) is 7.87. The Balaban J connectivity index is 3.47. The van der Waals surface area contributed by atoms with Gasteiger partial charge in [-0.05, 0) is 13.8 Å². The van der Waals surface area contributed by atoms with Crippen LogP contribution in [0.2, 0.25) is 0 Å². The Bertz CT molecular complexity index is 139. The van der Waals surface area contributed by atoms with Crippen molar-refractivity contribution in [2.45, 2.75) is 32.1 Å². The first-order valence-electron chi connectivity index (χ1n) is 4.10. The normalized spacial score (nSPS) is 15.3. The van der Waals surface area contributed by atoms with E-state index in [0.29, 0.717) is 17.6 Å². The van der Waals surface area contributed by atoms with E-state index in [1.807, 2.05) is 13.8 Å². The second-order valence-corrected chi connectivity index (χ2v) is 4.05. The average Bonchev–Trinajstić information content (AvgIpc) is 2.00. The van der Waals surface area contributed by atoms with Gasteiger partial charge in [0.15, 0.2) is 0 Å². The molecule has 3 nitrogen and oxygen atoms in total. The molecule has 2 atom stereocenters. The van der Waals surface area contributed by atoms with Gasteiger partial charge in [-0.15, -0.1) is 11.8 Å². The highest BCUT2D eigenvalue weighted by Gasteiger charge is 2.10. The van der Waals surface area contributed by atoms with E-state index in [4.69, 9.17) is 10.5 Å². The van der Waals surface area contributed by atoms with Gasteiger partial charge in [-0.1, -0.05) is 6.92 Å². The van der Waals surface area contributed by atoms with Gasteiger partial charge in [0.05, 0.1) is 12.4 Å². The third kappa shape index (κ3) is 5.43. The van der Waals surface area contributed by atoms with Crippen LogP contribution in [0.15, 0.2) is 0 Å². The smallest absolute Gasteiger partial charge is 0.315 e. The largest absolute Gasteiger partial charge is 0.465 e. The summed E-state index contributed by atoms with van der Waals surface area (Å²) in [5.41, 5.74) is 5.62. The van der Waals surface area contributed by atoms with E-state index in [1.54, 1.807) is 6.92 Å². The van der Waals surface area contributed by atoms with Crippen molar-refractivity contribution in [1.82, 2.24) is 0 Å². The van der Waals surface area contributed by atoms with Crippen molar-refractivity contribution in [3.8, 4) is 0 Å². The molecular weight excluding hydrogens is 174 g/mol. The van der Waals surface area contributed by atoms with Crippen LogP contribution < -0.4 is 5.73 Å². The SMILES string of the molecule is CCOC(=O)CSC(C)C(C)N. The van der Waals surface area contributed by atoms with Crippen LogP contribution in [0, 0.1) is 0 Å². The topological polar surface area (TPSA) is 52.3 Å². The van der Waals surface area contributed by atoms with Gasteiger partial charge in [0, 0.05) is 11.3 Å². The second kappa shape index (κ2) is 6.31. The van der Waals surface area contributed by atoms with E-state index in [2.05, 4.69) is 0 Å². The summed E-state index contributed by atoms with van der Waals surface area (Å²) in [4.78, 5) is 10.9. The summed E-state index contributed by atoms with van der Waals surface area (Å²) in [7, 11) is 0. The van der Waals surface area contributed by atoms with Crippen LogP contribution in [-0.4, -0.2) is 29.6 Å². The molecule has 0 aliphatic carbocycles. The average molecular weight is 191 g/mol. The minimum atomic E-state index is -0.157. The Morgan fingerprint density at radius 1 is 1.58 bits per heavy atom. The summed E-state index contributed by atoms with van der Waals surface area (Å²) in [6.45, 7) is 6.20. The zero-order chi connectivity index (χ0) is 9.56. The van der Waals surface area contributed by atoms with Crippen molar-refractivity contribution in [2.24, 2.45) is 5.73 Å². The summed E-state index contributed by atoms with van der Waals surface area (Å²) in [6, 6.07) is 0.115. The number of ether oxygens (including phenoxy) is 1. The van der Waals surface area contributed by atoms with Crippen LogP contribution >= 0.6 is 11.8 Å². The third-order valence-electron chi connectivity index (χ3n) is 1.51. The lowest BCUT2D eigenvalue weighted by Crippen LogP contribution is -2.27. The first-order chi connectivity index (χ1) is 5.57. The molecule has 2 unspecified atom stereocenters. The Kier molecular flexibility index (Phi) is 6.20. The molecule has 12 heavy (non-hydrogen) atoms. The summed E-state index contributed by atoms with van der Waals surface area (Å²) in [5, 5.41) is 0.300. The van der Waals surface area contributed by atoms with Gasteiger partial charge in [0.25, 0.3) is 0 Å². The van der Waals surface area contributed by atoms with Crippen LogP contribution in [0.4, 0.5) is 0 Å². The summed E-state index contributed by atoms with van der Waals surface area (Å²) in [6.07, 6.45) is 0. The fourth-order valence-corrected chi connectivity index (χ4v) is 1.34. The van der Waals surface area contributed by atoms with Crippen molar-refractivity contribution in [3.05, 3.63) is 0 Å². The first kappa shape index (κ1) is 11.8. The predicted octanol–water partition coefficient (Wildman–Crippen LogP) is 1.02. The van der Waals surface area contributed by atoms with Crippen molar-refractivity contribution in [2.75, 3.05) is 12.4 Å². The van der Waals surface area contributed by atoms with Crippen molar-refractivity contribution in [1.29, 1.82) is 0 Å². The fourth-order valence-electron chi connectivity index (χ4n) is 0.554. The minimum absolute atomic E-state index is 0.115. The number of hydrogen-bond donors (Lipinski definition) is 1. The zero-order valence-corrected chi connectivity index (χ0v) is 8.69. The van der Waals surface area contributed by atoms with Gasteiger partial charge < -0.3 is 10.5 Å². The molecule has 0 spiro atoms. The Labute approximate surface area is 78.0 Å². The Morgan fingerprint density at radius 2 is 2.17 bits per heavy atom. The molecule has 0 aliphatic rings. The molecule has 0 amide bonds. The quantitative estimate of drug-likeness (QED) is 0.659. The third-order valence-corrected chi connectivity index (χ3v) is 2.87. The Morgan fingerprint density at radius 3 is 2.58 bits per heavy atom. The molecular formula is C8H17NO2S. The molecule has 72 valence electrons. The molecule has 0 bridgehead atoms. The van der Waals surface area contributed by atoms with E-state index in [9.17, 15) is 4.79 Å². The number of hydrogen-bond acceptors (Lipinski definition) is 4. The van der Waals surface area contributed by atoms with Crippen LogP contribution in [0.5, 0.6) is 0 Å². The number of carbonyl (C=O) groups excluding carboxylic acids is 1. The molecule has 4 heteroatoms. The van der Waals surface area contributed by atoms with E-state index < -0.39 is 0 Å². The maximum Gasteiger partial charge on any atom is 0.315 e. The summed E-state index contributed by atoms with van der Waals surface area (Å²) >= 11 is 1.53. The van der Waals surface area contributed by atoms with E-state index in [-0.39, 0.29) is 12.0 Å². The van der Waals surface area contributed by atoms with Crippen LogP contribution in [-0.2, 0) is 9.53 Å². The predicted molar refractivity (Wildman–Crippen MR) is 52.2 cm³/mol. The van der Waals surface area contributed by atoms with Crippen molar-refractivity contribution < 1.29 is 9.53 Å². The molecule has 0 aromatic carbocycles. The van der Waals surface area contributed by atoms with Crippen LogP contribution in [0.25, 0.3) is 0 Å². The first-order valence-corrected chi connectivity index (χ1v) is 5.15. The minimum Gasteiger partial charge on any atom is -0.465 e. The van der Waals surface area contributed by atoms with E-state index >= 15 is 0 Å². The number of esters is 1. The van der Waals surface area contributed by atoms with E-state index in [1.165, 1.54) is 11.8 Å². The second-order valence-electron chi connectivity index (χ2n) is 2.68. The molecule has 0 aliphatic heterocycles. The lowest BCUT2D eigenvalue weighted by Gasteiger charge is -2.13. The van der Waals surface area contributed by atoms with Gasteiger partial charge >= 0.3 is 5.97 Å². The highest BCUT2D eigenvalue weighted by atomic mass is 32.2. The van der Waals surface area contributed by atoms with Gasteiger partial charge in [-0.25, -0.2) is 0 Å². The summed E-state index contributed by atoms with van der Waals surface area (Å²) < 4.78 is 4.77. The molecule has 0 radical (unpaired) electrons. The molecule has 0 fully saturated rings.